The molecule has 4 aromatic rings. The SMILES string of the molecule is C[C@H]1CNC(=O)c2cc3nc(NC(=O)c4cnn(Cc5ccccc5)c4)ccc3n21. The number of benzene rings is 1. The molecule has 30 heavy (non-hydrogen) atoms. The third-order valence-electron chi connectivity index (χ3n) is 5.25. The van der Waals surface area contributed by atoms with E-state index in [0.717, 1.165) is 11.1 Å². The molecule has 1 aliphatic heterocycles. The minimum absolute atomic E-state index is 0.109. The number of nitrogens with zero attached hydrogens (tertiary/aromatic N) is 4. The van der Waals surface area contributed by atoms with E-state index in [1.54, 1.807) is 29.2 Å². The molecule has 4 heterocycles. The standard InChI is InChI=1S/C22H20N6O2/c1-14-10-23-22(30)19-9-17-18(28(14)19)7-8-20(25-17)26-21(29)16-11-24-27(13-16)12-15-5-3-2-4-6-15/h2-9,11,13-14H,10,12H2,1H3,(H,23,30)(H,25,26,29)/t14-/m0/s1. The highest BCUT2D eigenvalue weighted by Crippen LogP contribution is 2.26. The summed E-state index contributed by atoms with van der Waals surface area (Å²) < 4.78 is 3.71. The van der Waals surface area contributed by atoms with Crippen LogP contribution in [0.5, 0.6) is 0 Å². The third-order valence-corrected chi connectivity index (χ3v) is 5.25. The van der Waals surface area contributed by atoms with E-state index in [4.69, 9.17) is 0 Å². The van der Waals surface area contributed by atoms with Gasteiger partial charge in [0.05, 0.1) is 29.3 Å². The van der Waals surface area contributed by atoms with E-state index in [9.17, 15) is 9.59 Å². The van der Waals surface area contributed by atoms with Crippen LogP contribution in [0.15, 0.2) is 60.9 Å². The lowest BCUT2D eigenvalue weighted by Gasteiger charge is -2.23. The predicted octanol–water partition coefficient (Wildman–Crippen LogP) is 2.84. The summed E-state index contributed by atoms with van der Waals surface area (Å²) in [6, 6.07) is 15.5. The number of aromatic nitrogens is 4. The maximum atomic E-state index is 12.6. The van der Waals surface area contributed by atoms with Gasteiger partial charge in [0.15, 0.2) is 0 Å². The van der Waals surface area contributed by atoms with Gasteiger partial charge in [-0.05, 0) is 30.7 Å². The van der Waals surface area contributed by atoms with Crippen LogP contribution in [0.4, 0.5) is 5.82 Å². The monoisotopic (exact) mass is 400 g/mol. The first-order valence-electron chi connectivity index (χ1n) is 9.76. The Bertz CT molecular complexity index is 1260. The average molecular weight is 400 g/mol. The first-order chi connectivity index (χ1) is 14.6. The number of hydrogen-bond donors (Lipinski definition) is 2. The topological polar surface area (TPSA) is 93.8 Å². The second kappa shape index (κ2) is 7.14. The maximum absolute atomic E-state index is 12.6. The molecule has 1 atom stereocenters. The number of rotatable bonds is 4. The van der Waals surface area contributed by atoms with Crippen molar-refractivity contribution in [3.63, 3.8) is 0 Å². The number of anilines is 1. The van der Waals surface area contributed by atoms with Crippen LogP contribution in [0, 0.1) is 0 Å². The van der Waals surface area contributed by atoms with Gasteiger partial charge < -0.3 is 15.2 Å². The highest BCUT2D eigenvalue weighted by atomic mass is 16.2. The molecule has 2 amide bonds. The first kappa shape index (κ1) is 18.1. The first-order valence-corrected chi connectivity index (χ1v) is 9.76. The van der Waals surface area contributed by atoms with Crippen LogP contribution >= 0.6 is 0 Å². The van der Waals surface area contributed by atoms with Gasteiger partial charge in [0, 0.05) is 18.8 Å². The van der Waals surface area contributed by atoms with Crippen LogP contribution < -0.4 is 10.6 Å². The lowest BCUT2D eigenvalue weighted by Crippen LogP contribution is -2.37. The van der Waals surface area contributed by atoms with Crippen LogP contribution in [-0.4, -0.2) is 37.7 Å². The van der Waals surface area contributed by atoms with Crippen LogP contribution in [0.2, 0.25) is 0 Å². The van der Waals surface area contributed by atoms with E-state index in [-0.39, 0.29) is 17.9 Å². The Labute approximate surface area is 172 Å². The summed E-state index contributed by atoms with van der Waals surface area (Å²) in [5, 5.41) is 9.96. The molecule has 0 radical (unpaired) electrons. The summed E-state index contributed by atoms with van der Waals surface area (Å²) in [4.78, 5) is 29.3. The Hall–Kier alpha value is -3.94. The summed E-state index contributed by atoms with van der Waals surface area (Å²) in [6.45, 7) is 3.22. The summed E-state index contributed by atoms with van der Waals surface area (Å²) in [7, 11) is 0. The van der Waals surface area contributed by atoms with Crippen molar-refractivity contribution in [3.8, 4) is 0 Å². The van der Waals surface area contributed by atoms with Gasteiger partial charge in [0.2, 0.25) is 0 Å². The highest BCUT2D eigenvalue weighted by molar-refractivity contribution is 6.04. The van der Waals surface area contributed by atoms with Crippen LogP contribution in [0.25, 0.3) is 11.0 Å². The quantitative estimate of drug-likeness (QED) is 0.551. The van der Waals surface area contributed by atoms with Crippen molar-refractivity contribution in [1.29, 1.82) is 0 Å². The Morgan fingerprint density at radius 2 is 2.07 bits per heavy atom. The zero-order valence-corrected chi connectivity index (χ0v) is 16.4. The van der Waals surface area contributed by atoms with Gasteiger partial charge in [0.25, 0.3) is 11.8 Å². The number of carbonyl (C=O) groups excluding carboxylic acids is 2. The largest absolute Gasteiger partial charge is 0.349 e. The van der Waals surface area contributed by atoms with Crippen LogP contribution in [0.3, 0.4) is 0 Å². The molecule has 0 unspecified atom stereocenters. The van der Waals surface area contributed by atoms with E-state index < -0.39 is 0 Å². The normalized spacial score (nSPS) is 15.6. The minimum Gasteiger partial charge on any atom is -0.349 e. The molecule has 5 rings (SSSR count). The van der Waals surface area contributed by atoms with Gasteiger partial charge in [-0.3, -0.25) is 14.3 Å². The van der Waals surface area contributed by atoms with Crippen LogP contribution in [0.1, 0.15) is 39.4 Å². The fourth-order valence-corrected chi connectivity index (χ4v) is 3.77. The van der Waals surface area contributed by atoms with E-state index in [1.165, 1.54) is 0 Å². The lowest BCUT2D eigenvalue weighted by atomic mass is 10.2. The van der Waals surface area contributed by atoms with E-state index in [1.807, 2.05) is 47.9 Å². The molecule has 0 saturated heterocycles. The van der Waals surface area contributed by atoms with Gasteiger partial charge in [-0.25, -0.2) is 4.98 Å². The van der Waals surface area contributed by atoms with Gasteiger partial charge in [-0.15, -0.1) is 0 Å². The van der Waals surface area contributed by atoms with Crippen molar-refractivity contribution in [2.75, 3.05) is 11.9 Å². The number of fused-ring (bicyclic) bond motifs is 3. The van der Waals surface area contributed by atoms with Crippen molar-refractivity contribution < 1.29 is 9.59 Å². The Morgan fingerprint density at radius 3 is 2.90 bits per heavy atom. The molecular weight excluding hydrogens is 380 g/mol. The molecule has 0 fully saturated rings. The number of amides is 2. The molecule has 3 aromatic heterocycles. The van der Waals surface area contributed by atoms with Crippen molar-refractivity contribution in [1.82, 2.24) is 24.6 Å². The number of pyridine rings is 1. The molecule has 150 valence electrons. The third kappa shape index (κ3) is 3.22. The average Bonchev–Trinajstić information content (AvgIpc) is 3.37. The van der Waals surface area contributed by atoms with Gasteiger partial charge in [0.1, 0.15) is 11.5 Å². The predicted molar refractivity (Wildman–Crippen MR) is 113 cm³/mol. The molecule has 1 aliphatic rings. The number of hydrogen-bond acceptors (Lipinski definition) is 4. The smallest absolute Gasteiger partial charge is 0.268 e. The molecule has 1 aromatic carbocycles. The molecule has 8 nitrogen and oxygen atoms in total. The van der Waals surface area contributed by atoms with E-state index in [2.05, 4.69) is 20.7 Å². The van der Waals surface area contributed by atoms with Gasteiger partial charge in [-0.2, -0.15) is 5.10 Å². The molecular formula is C22H20N6O2. The lowest BCUT2D eigenvalue weighted by molar-refractivity contribution is 0.0918. The molecule has 2 N–H and O–H groups in total. The highest BCUT2D eigenvalue weighted by Gasteiger charge is 2.25. The summed E-state index contributed by atoms with van der Waals surface area (Å²) in [6.07, 6.45) is 3.25. The van der Waals surface area contributed by atoms with E-state index in [0.29, 0.717) is 35.7 Å². The summed E-state index contributed by atoms with van der Waals surface area (Å²) in [5.74, 6) is 0.0399. The molecule has 0 aliphatic carbocycles. The zero-order chi connectivity index (χ0) is 20.7. The Kier molecular flexibility index (Phi) is 4.31. The number of carbonyl (C=O) groups is 2. The van der Waals surface area contributed by atoms with Crippen molar-refractivity contribution >= 4 is 28.7 Å². The minimum atomic E-state index is -0.281. The summed E-state index contributed by atoms with van der Waals surface area (Å²) in [5.41, 5.74) is 3.70. The second-order valence-corrected chi connectivity index (χ2v) is 7.43. The molecule has 0 spiro atoms. The number of nitrogens with one attached hydrogen (secondary N) is 2. The second-order valence-electron chi connectivity index (χ2n) is 7.43. The molecule has 0 bridgehead atoms. The molecule has 0 saturated carbocycles. The zero-order valence-electron chi connectivity index (χ0n) is 16.4. The van der Waals surface area contributed by atoms with Crippen molar-refractivity contribution in [2.45, 2.75) is 19.5 Å². The van der Waals surface area contributed by atoms with Crippen LogP contribution in [-0.2, 0) is 6.54 Å². The van der Waals surface area contributed by atoms with Gasteiger partial charge >= 0.3 is 0 Å². The Balaban J connectivity index is 1.36. The fraction of sp³-hybridized carbons (Fsp3) is 0.182. The van der Waals surface area contributed by atoms with E-state index >= 15 is 0 Å². The Morgan fingerprint density at radius 1 is 1.23 bits per heavy atom. The van der Waals surface area contributed by atoms with Crippen molar-refractivity contribution in [2.24, 2.45) is 0 Å². The fourth-order valence-electron chi connectivity index (χ4n) is 3.77. The summed E-state index contributed by atoms with van der Waals surface area (Å²) >= 11 is 0. The van der Waals surface area contributed by atoms with Gasteiger partial charge in [-0.1, -0.05) is 30.3 Å². The van der Waals surface area contributed by atoms with Crippen molar-refractivity contribution in [3.05, 3.63) is 77.7 Å². The maximum Gasteiger partial charge on any atom is 0.268 e. The molecule has 8 heteroatoms.